The summed E-state index contributed by atoms with van der Waals surface area (Å²) in [5.74, 6) is -1.63. The van der Waals surface area contributed by atoms with E-state index in [4.69, 9.17) is 0 Å². The van der Waals surface area contributed by atoms with E-state index in [0.717, 1.165) is 12.1 Å². The highest BCUT2D eigenvalue weighted by molar-refractivity contribution is 6.39. The summed E-state index contributed by atoms with van der Waals surface area (Å²) in [5, 5.41) is 16.1. The average Bonchev–Trinajstić information content (AvgIpc) is 2.73. The average molecular weight is 395 g/mol. The number of hydrogen-bond donors (Lipinski definition) is 3. The van der Waals surface area contributed by atoms with Gasteiger partial charge in [-0.3, -0.25) is 15.0 Å². The van der Waals surface area contributed by atoms with Gasteiger partial charge in [-0.1, -0.05) is 37.3 Å². The minimum absolute atomic E-state index is 0.0292. The van der Waals surface area contributed by atoms with E-state index in [9.17, 15) is 19.5 Å². The number of nitrogens with zero attached hydrogens (tertiary/aromatic N) is 1. The highest BCUT2D eigenvalue weighted by Gasteiger charge is 2.16. The number of nitrogens with one attached hydrogen (secondary N) is 2. The molecule has 0 unspecified atom stereocenters. The molecule has 1 amide bonds. The van der Waals surface area contributed by atoms with E-state index in [-0.39, 0.29) is 16.9 Å². The van der Waals surface area contributed by atoms with Crippen LogP contribution in [-0.2, 0) is 4.79 Å². The van der Waals surface area contributed by atoms with Gasteiger partial charge in [0.15, 0.2) is 5.78 Å². The summed E-state index contributed by atoms with van der Waals surface area (Å²) < 4.78 is 0. The number of carbonyl (C=O) groups is 3. The van der Waals surface area contributed by atoms with E-state index in [0.29, 0.717) is 31.5 Å². The second-order valence-electron chi connectivity index (χ2n) is 6.42. The second-order valence-corrected chi connectivity index (χ2v) is 6.42. The van der Waals surface area contributed by atoms with Crippen molar-refractivity contribution in [1.82, 2.24) is 5.32 Å². The number of carboxylic acids is 1. The number of hydrogen-bond acceptors (Lipinski definition) is 5. The van der Waals surface area contributed by atoms with E-state index >= 15 is 0 Å². The number of aromatic carboxylic acids is 1. The molecule has 3 N–H and O–H groups in total. The van der Waals surface area contributed by atoms with Crippen molar-refractivity contribution in [2.75, 3.05) is 12.0 Å². The first kappa shape index (κ1) is 21.8. The van der Waals surface area contributed by atoms with Crippen LogP contribution in [0, 0.1) is 0 Å². The van der Waals surface area contributed by atoms with Gasteiger partial charge >= 0.3 is 5.97 Å². The first-order valence-corrected chi connectivity index (χ1v) is 9.54. The van der Waals surface area contributed by atoms with Gasteiger partial charge < -0.3 is 10.4 Å². The standard InChI is InChI=1S/C22H25N3O4/c1-2-9-20(26)19(25-24-16-10-4-3-5-11-16)14-8-15-23-21(27)17-12-6-7-13-18(17)22(28)29/h3-7,10-13,24H,2,8-9,14-15H2,1H3,(H,23,27)(H,28,29). The van der Waals surface area contributed by atoms with Gasteiger partial charge in [0.2, 0.25) is 0 Å². The zero-order valence-corrected chi connectivity index (χ0v) is 16.4. The molecular formula is C22H25N3O4. The third kappa shape index (κ3) is 6.88. The van der Waals surface area contributed by atoms with Crippen LogP contribution in [0.2, 0.25) is 0 Å². The molecule has 0 heterocycles. The van der Waals surface area contributed by atoms with Crippen molar-refractivity contribution in [3.05, 3.63) is 65.7 Å². The van der Waals surface area contributed by atoms with Crippen LogP contribution in [0.3, 0.4) is 0 Å². The van der Waals surface area contributed by atoms with E-state index in [1.165, 1.54) is 12.1 Å². The Balaban J connectivity index is 1.93. The molecule has 0 radical (unpaired) electrons. The molecule has 7 nitrogen and oxygen atoms in total. The molecule has 2 rings (SSSR count). The molecule has 2 aromatic carbocycles. The zero-order valence-electron chi connectivity index (χ0n) is 16.4. The Morgan fingerprint density at radius 2 is 1.59 bits per heavy atom. The lowest BCUT2D eigenvalue weighted by atomic mass is 10.1. The number of Topliss-reactive ketones (excluding diaryl/α,β-unsaturated/α-hetero) is 1. The van der Waals surface area contributed by atoms with Crippen molar-refractivity contribution in [3.8, 4) is 0 Å². The molecule has 29 heavy (non-hydrogen) atoms. The summed E-state index contributed by atoms with van der Waals surface area (Å²) in [5.41, 5.74) is 4.17. The monoisotopic (exact) mass is 395 g/mol. The van der Waals surface area contributed by atoms with Crippen LogP contribution in [0.15, 0.2) is 59.7 Å². The first-order valence-electron chi connectivity index (χ1n) is 9.54. The number of amides is 1. The van der Waals surface area contributed by atoms with Gasteiger partial charge in [-0.25, -0.2) is 4.79 Å². The van der Waals surface area contributed by atoms with Crippen LogP contribution < -0.4 is 10.7 Å². The van der Waals surface area contributed by atoms with E-state index in [1.54, 1.807) is 12.1 Å². The molecule has 7 heteroatoms. The minimum Gasteiger partial charge on any atom is -0.478 e. The third-order valence-electron chi connectivity index (χ3n) is 4.17. The maximum Gasteiger partial charge on any atom is 0.336 e. The molecular weight excluding hydrogens is 370 g/mol. The van der Waals surface area contributed by atoms with E-state index in [1.807, 2.05) is 37.3 Å². The summed E-state index contributed by atoms with van der Waals surface area (Å²) in [4.78, 5) is 35.8. The minimum atomic E-state index is -1.15. The lowest BCUT2D eigenvalue weighted by Crippen LogP contribution is -2.27. The predicted molar refractivity (Wildman–Crippen MR) is 112 cm³/mol. The number of hydrazone groups is 1. The highest BCUT2D eigenvalue weighted by atomic mass is 16.4. The second kappa shape index (κ2) is 11.4. The van der Waals surface area contributed by atoms with Crippen molar-refractivity contribution in [2.24, 2.45) is 5.10 Å². The molecule has 0 aliphatic rings. The summed E-state index contributed by atoms with van der Waals surface area (Å²) in [6, 6.07) is 15.4. The molecule has 2 aromatic rings. The SMILES string of the molecule is CCCC(=O)C(CCCNC(=O)c1ccccc1C(=O)O)=NNc1ccccc1. The van der Waals surface area contributed by atoms with E-state index in [2.05, 4.69) is 15.8 Å². The van der Waals surface area contributed by atoms with Gasteiger partial charge in [-0.2, -0.15) is 5.10 Å². The molecule has 152 valence electrons. The number of benzene rings is 2. The van der Waals surface area contributed by atoms with Gasteiger partial charge in [0.05, 0.1) is 16.8 Å². The smallest absolute Gasteiger partial charge is 0.336 e. The van der Waals surface area contributed by atoms with Crippen LogP contribution >= 0.6 is 0 Å². The van der Waals surface area contributed by atoms with Crippen LogP contribution in [0.1, 0.15) is 53.3 Å². The van der Waals surface area contributed by atoms with Crippen LogP contribution in [0.25, 0.3) is 0 Å². The number of ketones is 1. The number of para-hydroxylation sites is 1. The van der Waals surface area contributed by atoms with Crippen molar-refractivity contribution in [1.29, 1.82) is 0 Å². The largest absolute Gasteiger partial charge is 0.478 e. The fourth-order valence-electron chi connectivity index (χ4n) is 2.69. The Labute approximate surface area is 169 Å². The van der Waals surface area contributed by atoms with Gasteiger partial charge in [0.1, 0.15) is 5.71 Å². The molecule has 0 atom stereocenters. The number of anilines is 1. The number of carbonyl (C=O) groups excluding carboxylic acids is 2. The maximum atomic E-state index is 12.3. The number of carboxylic acid groups (broad SMARTS) is 1. The van der Waals surface area contributed by atoms with Gasteiger partial charge in [0.25, 0.3) is 5.91 Å². The molecule has 0 saturated carbocycles. The lowest BCUT2D eigenvalue weighted by Gasteiger charge is -2.09. The summed E-state index contributed by atoms with van der Waals surface area (Å²) in [7, 11) is 0. The molecule has 0 bridgehead atoms. The van der Waals surface area contributed by atoms with Crippen molar-refractivity contribution in [3.63, 3.8) is 0 Å². The van der Waals surface area contributed by atoms with Gasteiger partial charge in [0, 0.05) is 13.0 Å². The molecule has 0 saturated heterocycles. The number of rotatable bonds is 11. The van der Waals surface area contributed by atoms with Crippen LogP contribution in [0.4, 0.5) is 5.69 Å². The summed E-state index contributed by atoms with van der Waals surface area (Å²) >= 11 is 0. The Hall–Kier alpha value is -3.48. The Kier molecular flexibility index (Phi) is 8.56. The van der Waals surface area contributed by atoms with Crippen LogP contribution in [0.5, 0.6) is 0 Å². The lowest BCUT2D eigenvalue weighted by molar-refractivity contribution is -0.113. The quantitative estimate of drug-likeness (QED) is 0.305. The van der Waals surface area contributed by atoms with Gasteiger partial charge in [-0.15, -0.1) is 0 Å². The molecule has 0 aliphatic heterocycles. The van der Waals surface area contributed by atoms with Crippen LogP contribution in [-0.4, -0.2) is 35.0 Å². The van der Waals surface area contributed by atoms with Crippen molar-refractivity contribution < 1.29 is 19.5 Å². The molecule has 0 spiro atoms. The summed E-state index contributed by atoms with van der Waals surface area (Å²) in [6.45, 7) is 2.23. The Morgan fingerprint density at radius 1 is 0.931 bits per heavy atom. The maximum absolute atomic E-state index is 12.3. The van der Waals surface area contributed by atoms with Crippen molar-refractivity contribution in [2.45, 2.75) is 32.6 Å². The fraction of sp³-hybridized carbons (Fsp3) is 0.273. The van der Waals surface area contributed by atoms with Gasteiger partial charge in [-0.05, 0) is 43.5 Å². The highest BCUT2D eigenvalue weighted by Crippen LogP contribution is 2.09. The molecule has 0 aromatic heterocycles. The van der Waals surface area contributed by atoms with Crippen molar-refractivity contribution >= 4 is 29.1 Å². The Morgan fingerprint density at radius 3 is 2.24 bits per heavy atom. The third-order valence-corrected chi connectivity index (χ3v) is 4.17. The molecule has 0 aliphatic carbocycles. The topological polar surface area (TPSA) is 108 Å². The van der Waals surface area contributed by atoms with E-state index < -0.39 is 11.9 Å². The normalized spacial score (nSPS) is 11.0. The molecule has 0 fully saturated rings. The summed E-state index contributed by atoms with van der Waals surface area (Å²) in [6.07, 6.45) is 2.05. The first-order chi connectivity index (χ1) is 14.0. The predicted octanol–water partition coefficient (Wildman–Crippen LogP) is 3.73. The fourth-order valence-corrected chi connectivity index (χ4v) is 2.69. The Bertz CT molecular complexity index is 879. The zero-order chi connectivity index (χ0) is 21.1.